The molecular weight excluding hydrogens is 336 g/mol. The summed E-state index contributed by atoms with van der Waals surface area (Å²) in [6, 6.07) is 5.29. The van der Waals surface area contributed by atoms with Crippen molar-refractivity contribution >= 4 is 56.3 Å². The number of carbonyl (C=O) groups excluding carboxylic acids is 1. The average Bonchev–Trinajstić information content (AvgIpc) is 2.19. The van der Waals surface area contributed by atoms with E-state index in [-0.39, 0.29) is 10.9 Å². The summed E-state index contributed by atoms with van der Waals surface area (Å²) in [6.45, 7) is 0. The van der Waals surface area contributed by atoms with Crippen molar-refractivity contribution in [3.8, 4) is 0 Å². The first kappa shape index (κ1) is 13.8. The van der Waals surface area contributed by atoms with Gasteiger partial charge >= 0.3 is 0 Å². The van der Waals surface area contributed by atoms with E-state index in [1.54, 1.807) is 12.1 Å². The highest BCUT2D eigenvalue weighted by molar-refractivity contribution is 9.10. The van der Waals surface area contributed by atoms with E-state index in [1.165, 1.54) is 0 Å². The van der Waals surface area contributed by atoms with Gasteiger partial charge in [-0.05, 0) is 31.0 Å². The van der Waals surface area contributed by atoms with Gasteiger partial charge in [0.2, 0.25) is 5.91 Å². The van der Waals surface area contributed by atoms with E-state index < -0.39 is 5.41 Å². The van der Waals surface area contributed by atoms with E-state index in [1.807, 2.05) is 6.07 Å². The van der Waals surface area contributed by atoms with Crippen molar-refractivity contribution in [2.24, 2.45) is 11.1 Å². The molecule has 1 saturated carbocycles. The van der Waals surface area contributed by atoms with Crippen LogP contribution in [0.1, 0.15) is 19.3 Å². The Bertz CT molecular complexity index is 517. The van der Waals surface area contributed by atoms with Crippen molar-refractivity contribution in [3.05, 3.63) is 27.7 Å². The van der Waals surface area contributed by atoms with Crippen LogP contribution >= 0.6 is 39.7 Å². The molecule has 18 heavy (non-hydrogen) atoms. The molecule has 0 bridgehead atoms. The molecule has 0 atom stereocenters. The number of halogens is 2. The van der Waals surface area contributed by atoms with Gasteiger partial charge in [-0.1, -0.05) is 46.2 Å². The van der Waals surface area contributed by atoms with Gasteiger partial charge in [0.05, 0.1) is 21.1 Å². The van der Waals surface area contributed by atoms with Gasteiger partial charge in [0, 0.05) is 4.47 Å². The Balaban J connectivity index is 2.19. The van der Waals surface area contributed by atoms with Gasteiger partial charge < -0.3 is 11.1 Å². The molecule has 96 valence electrons. The first-order valence-corrected chi connectivity index (χ1v) is 7.10. The summed E-state index contributed by atoms with van der Waals surface area (Å²) in [6.07, 6.45) is 2.39. The molecule has 1 aromatic carbocycles. The molecule has 0 saturated heterocycles. The minimum atomic E-state index is -0.689. The van der Waals surface area contributed by atoms with Crippen LogP contribution in [0.25, 0.3) is 0 Å². The number of hydrogen-bond donors (Lipinski definition) is 2. The fourth-order valence-corrected chi connectivity index (χ4v) is 2.97. The van der Waals surface area contributed by atoms with Crippen molar-refractivity contribution in [2.45, 2.75) is 19.3 Å². The van der Waals surface area contributed by atoms with Gasteiger partial charge in [0.25, 0.3) is 0 Å². The van der Waals surface area contributed by atoms with Crippen LogP contribution in [0.15, 0.2) is 22.7 Å². The summed E-state index contributed by atoms with van der Waals surface area (Å²) in [7, 11) is 0. The zero-order chi connectivity index (χ0) is 13.3. The highest BCUT2D eigenvalue weighted by atomic mass is 79.9. The van der Waals surface area contributed by atoms with Crippen LogP contribution in [0.3, 0.4) is 0 Å². The Labute approximate surface area is 124 Å². The van der Waals surface area contributed by atoms with Crippen LogP contribution in [-0.2, 0) is 4.79 Å². The Hall–Kier alpha value is -0.650. The zero-order valence-electron chi connectivity index (χ0n) is 9.50. The summed E-state index contributed by atoms with van der Waals surface area (Å²) >= 11 is 14.4. The van der Waals surface area contributed by atoms with Gasteiger partial charge in [-0.25, -0.2) is 0 Å². The highest BCUT2D eigenvalue weighted by Gasteiger charge is 2.47. The third kappa shape index (κ3) is 2.39. The van der Waals surface area contributed by atoms with Gasteiger partial charge in [-0.3, -0.25) is 4.79 Å². The van der Waals surface area contributed by atoms with E-state index in [9.17, 15) is 4.79 Å². The van der Waals surface area contributed by atoms with Crippen LogP contribution < -0.4 is 11.1 Å². The van der Waals surface area contributed by atoms with Crippen molar-refractivity contribution in [2.75, 3.05) is 5.32 Å². The van der Waals surface area contributed by atoms with Crippen LogP contribution in [0.2, 0.25) is 5.02 Å². The molecule has 3 N–H and O–H groups in total. The number of anilines is 1. The first-order valence-electron chi connectivity index (χ1n) is 5.52. The minimum Gasteiger partial charge on any atom is -0.392 e. The molecule has 1 aliphatic carbocycles. The van der Waals surface area contributed by atoms with Gasteiger partial charge in [0.1, 0.15) is 0 Å². The van der Waals surface area contributed by atoms with Crippen LogP contribution in [0, 0.1) is 5.41 Å². The fraction of sp³-hybridized carbons (Fsp3) is 0.333. The number of benzene rings is 1. The van der Waals surface area contributed by atoms with E-state index in [0.29, 0.717) is 23.6 Å². The normalized spacial score (nSPS) is 16.8. The van der Waals surface area contributed by atoms with Crippen LogP contribution in [0.5, 0.6) is 0 Å². The molecule has 1 aliphatic rings. The number of nitrogens with one attached hydrogen (secondary N) is 1. The summed E-state index contributed by atoms with van der Waals surface area (Å²) < 4.78 is 0.859. The maximum atomic E-state index is 12.2. The number of rotatable bonds is 3. The molecule has 0 aliphatic heterocycles. The molecule has 3 nitrogen and oxygen atoms in total. The highest BCUT2D eigenvalue weighted by Crippen LogP contribution is 2.42. The molecule has 0 aromatic heterocycles. The third-order valence-electron chi connectivity index (χ3n) is 3.29. The number of nitrogens with two attached hydrogens (primary N) is 1. The van der Waals surface area contributed by atoms with Crippen molar-refractivity contribution < 1.29 is 4.79 Å². The summed E-state index contributed by atoms with van der Waals surface area (Å²) in [5.74, 6) is -0.162. The predicted octanol–water partition coefficient (Wildman–Crippen LogP) is 3.50. The lowest BCUT2D eigenvalue weighted by Gasteiger charge is -2.39. The van der Waals surface area contributed by atoms with E-state index >= 15 is 0 Å². The molecule has 6 heteroatoms. The second kappa shape index (κ2) is 5.15. The topological polar surface area (TPSA) is 55.1 Å². The smallest absolute Gasteiger partial charge is 0.237 e. The summed E-state index contributed by atoms with van der Waals surface area (Å²) in [4.78, 5) is 12.5. The first-order chi connectivity index (χ1) is 8.45. The molecule has 1 aromatic rings. The molecule has 2 rings (SSSR count). The molecule has 0 spiro atoms. The monoisotopic (exact) mass is 346 g/mol. The Morgan fingerprint density at radius 1 is 1.50 bits per heavy atom. The van der Waals surface area contributed by atoms with E-state index in [2.05, 4.69) is 21.2 Å². The minimum absolute atomic E-state index is 0.162. The van der Waals surface area contributed by atoms with Gasteiger partial charge in [0.15, 0.2) is 0 Å². The summed E-state index contributed by atoms with van der Waals surface area (Å²) in [5, 5.41) is 3.28. The number of amides is 1. The second-order valence-electron chi connectivity index (χ2n) is 4.38. The quantitative estimate of drug-likeness (QED) is 0.823. The van der Waals surface area contributed by atoms with Crippen molar-refractivity contribution in [1.82, 2.24) is 0 Å². The largest absolute Gasteiger partial charge is 0.392 e. The Morgan fingerprint density at radius 3 is 2.61 bits per heavy atom. The maximum Gasteiger partial charge on any atom is 0.237 e. The lowest BCUT2D eigenvalue weighted by atomic mass is 9.68. The Morgan fingerprint density at radius 2 is 2.17 bits per heavy atom. The van der Waals surface area contributed by atoms with Gasteiger partial charge in [-0.15, -0.1) is 0 Å². The van der Waals surface area contributed by atoms with E-state index in [0.717, 1.165) is 10.9 Å². The van der Waals surface area contributed by atoms with Crippen LogP contribution in [-0.4, -0.2) is 10.9 Å². The molecule has 0 heterocycles. The molecular formula is C12H12BrClN2OS. The van der Waals surface area contributed by atoms with Crippen LogP contribution in [0.4, 0.5) is 5.69 Å². The van der Waals surface area contributed by atoms with Crippen molar-refractivity contribution in [3.63, 3.8) is 0 Å². The number of carbonyl (C=O) groups is 1. The SMILES string of the molecule is NC(=S)C1(C(=O)Nc2ccc(Br)cc2Cl)CCC1. The molecule has 1 amide bonds. The van der Waals surface area contributed by atoms with E-state index in [4.69, 9.17) is 29.6 Å². The summed E-state index contributed by atoms with van der Waals surface area (Å²) in [5.41, 5.74) is 5.57. The third-order valence-corrected chi connectivity index (χ3v) is 4.49. The number of hydrogen-bond acceptors (Lipinski definition) is 2. The lowest BCUT2D eigenvalue weighted by Crippen LogP contribution is -2.50. The lowest BCUT2D eigenvalue weighted by molar-refractivity contribution is -0.125. The Kier molecular flexibility index (Phi) is 3.94. The molecule has 0 unspecified atom stereocenters. The fourth-order valence-electron chi connectivity index (χ4n) is 1.95. The van der Waals surface area contributed by atoms with Gasteiger partial charge in [-0.2, -0.15) is 0 Å². The predicted molar refractivity (Wildman–Crippen MR) is 80.9 cm³/mol. The molecule has 0 radical (unpaired) electrons. The zero-order valence-corrected chi connectivity index (χ0v) is 12.7. The standard InChI is InChI=1S/C12H12BrClN2OS/c13-7-2-3-9(8(14)6-7)16-11(17)12(10(15)18)4-1-5-12/h2-3,6H,1,4-5H2,(H2,15,18)(H,16,17). The average molecular weight is 348 g/mol. The van der Waals surface area contributed by atoms with Crippen molar-refractivity contribution in [1.29, 1.82) is 0 Å². The second-order valence-corrected chi connectivity index (χ2v) is 6.14. The number of thiocarbonyl (C=S) groups is 1. The maximum absolute atomic E-state index is 12.2. The molecule has 1 fully saturated rings.